The average Bonchev–Trinajstić information content (AvgIpc) is 2.79. The summed E-state index contributed by atoms with van der Waals surface area (Å²) in [4.78, 5) is 0. The van der Waals surface area contributed by atoms with Gasteiger partial charge in [0.25, 0.3) is 0 Å². The normalized spacial score (nSPS) is 17.4. The zero-order valence-corrected chi connectivity index (χ0v) is 11.5. The monoisotopic (exact) mass is 277 g/mol. The highest BCUT2D eigenvalue weighted by atomic mass is 35.5. The minimum Gasteiger partial charge on any atom is -0.377 e. The van der Waals surface area contributed by atoms with Gasteiger partial charge in [-0.1, -0.05) is 47.5 Å². The molecule has 0 saturated carbocycles. The predicted molar refractivity (Wildman–Crippen MR) is 77.7 cm³/mol. The van der Waals surface area contributed by atoms with Crippen molar-refractivity contribution >= 4 is 28.9 Å². The largest absolute Gasteiger partial charge is 0.377 e. The SMILES string of the molecule is Cc1c(Cl)ccc2c1NC(c1ccccc1Cl)C2. The summed E-state index contributed by atoms with van der Waals surface area (Å²) in [5.41, 5.74) is 4.73. The highest BCUT2D eigenvalue weighted by Crippen LogP contribution is 2.40. The van der Waals surface area contributed by atoms with Crippen LogP contribution in [0.3, 0.4) is 0 Å². The second-order valence-electron chi connectivity index (χ2n) is 4.63. The molecule has 3 rings (SSSR count). The third kappa shape index (κ3) is 1.88. The molecule has 1 aliphatic heterocycles. The van der Waals surface area contributed by atoms with Crippen molar-refractivity contribution in [3.05, 3.63) is 63.1 Å². The molecule has 2 aromatic rings. The molecule has 1 nitrogen and oxygen atoms in total. The lowest BCUT2D eigenvalue weighted by Gasteiger charge is -2.14. The van der Waals surface area contributed by atoms with E-state index >= 15 is 0 Å². The predicted octanol–water partition coefficient (Wildman–Crippen LogP) is 5.01. The minimum atomic E-state index is 0.242. The summed E-state index contributed by atoms with van der Waals surface area (Å²) in [6, 6.07) is 12.3. The van der Waals surface area contributed by atoms with E-state index < -0.39 is 0 Å². The van der Waals surface area contributed by atoms with Crippen molar-refractivity contribution in [2.45, 2.75) is 19.4 Å². The van der Waals surface area contributed by atoms with Gasteiger partial charge in [-0.15, -0.1) is 0 Å². The number of hydrogen-bond acceptors (Lipinski definition) is 1. The summed E-state index contributed by atoms with van der Waals surface area (Å²) in [6.45, 7) is 2.04. The Bertz CT molecular complexity index is 607. The molecular weight excluding hydrogens is 265 g/mol. The van der Waals surface area contributed by atoms with Gasteiger partial charge in [-0.25, -0.2) is 0 Å². The van der Waals surface area contributed by atoms with E-state index in [1.165, 1.54) is 5.56 Å². The highest BCUT2D eigenvalue weighted by Gasteiger charge is 2.25. The standard InChI is InChI=1S/C15H13Cl2N/c1-9-12(16)7-6-10-8-14(18-15(9)10)11-4-2-3-5-13(11)17/h2-7,14,18H,8H2,1H3. The molecule has 0 aliphatic carbocycles. The van der Waals surface area contributed by atoms with Crippen LogP contribution in [0.5, 0.6) is 0 Å². The van der Waals surface area contributed by atoms with Crippen molar-refractivity contribution in [1.29, 1.82) is 0 Å². The number of benzene rings is 2. The fourth-order valence-electron chi connectivity index (χ4n) is 2.50. The molecule has 0 saturated heterocycles. The molecule has 0 radical (unpaired) electrons. The zero-order chi connectivity index (χ0) is 12.7. The maximum absolute atomic E-state index is 6.25. The van der Waals surface area contributed by atoms with E-state index in [-0.39, 0.29) is 6.04 Å². The van der Waals surface area contributed by atoms with Crippen LogP contribution < -0.4 is 5.32 Å². The molecule has 0 fully saturated rings. The number of rotatable bonds is 1. The molecule has 3 heteroatoms. The third-order valence-electron chi connectivity index (χ3n) is 3.51. The number of nitrogens with one attached hydrogen (secondary N) is 1. The Morgan fingerprint density at radius 2 is 1.83 bits per heavy atom. The van der Waals surface area contributed by atoms with Crippen LogP contribution in [0.1, 0.15) is 22.7 Å². The molecule has 2 aromatic carbocycles. The molecule has 1 aliphatic rings. The Morgan fingerprint density at radius 1 is 1.06 bits per heavy atom. The summed E-state index contributed by atoms with van der Waals surface area (Å²) in [7, 11) is 0. The van der Waals surface area contributed by atoms with E-state index in [9.17, 15) is 0 Å². The summed E-state index contributed by atoms with van der Waals surface area (Å²) < 4.78 is 0. The summed E-state index contributed by atoms with van der Waals surface area (Å²) in [6.07, 6.45) is 0.955. The smallest absolute Gasteiger partial charge is 0.0569 e. The lowest BCUT2D eigenvalue weighted by Crippen LogP contribution is -2.06. The van der Waals surface area contributed by atoms with Gasteiger partial charge < -0.3 is 5.32 Å². The van der Waals surface area contributed by atoms with E-state index in [2.05, 4.69) is 17.4 Å². The van der Waals surface area contributed by atoms with E-state index in [1.807, 2.05) is 31.2 Å². The van der Waals surface area contributed by atoms with Crippen molar-refractivity contribution in [2.24, 2.45) is 0 Å². The van der Waals surface area contributed by atoms with Crippen LogP contribution in [0.15, 0.2) is 36.4 Å². The van der Waals surface area contributed by atoms with Gasteiger partial charge >= 0.3 is 0 Å². The first-order chi connectivity index (χ1) is 8.66. The molecule has 1 N–H and O–H groups in total. The van der Waals surface area contributed by atoms with Crippen LogP contribution in [0, 0.1) is 6.92 Å². The van der Waals surface area contributed by atoms with Gasteiger partial charge in [-0.3, -0.25) is 0 Å². The molecule has 1 unspecified atom stereocenters. The summed E-state index contributed by atoms with van der Waals surface area (Å²) >= 11 is 12.4. The molecule has 0 amide bonds. The first-order valence-corrected chi connectivity index (χ1v) is 6.71. The number of halogens is 2. The van der Waals surface area contributed by atoms with Gasteiger partial charge in [0.15, 0.2) is 0 Å². The fourth-order valence-corrected chi connectivity index (χ4v) is 2.93. The first-order valence-electron chi connectivity index (χ1n) is 5.96. The second kappa shape index (κ2) is 4.49. The van der Waals surface area contributed by atoms with Gasteiger partial charge in [0.2, 0.25) is 0 Å². The van der Waals surface area contributed by atoms with Crippen LogP contribution in [0.2, 0.25) is 10.0 Å². The van der Waals surface area contributed by atoms with Crippen molar-refractivity contribution in [3.63, 3.8) is 0 Å². The van der Waals surface area contributed by atoms with E-state index in [0.29, 0.717) is 0 Å². The van der Waals surface area contributed by atoms with Crippen LogP contribution in [0.25, 0.3) is 0 Å². The van der Waals surface area contributed by atoms with Gasteiger partial charge in [-0.05, 0) is 42.2 Å². The number of anilines is 1. The molecule has 92 valence electrons. The lowest BCUT2D eigenvalue weighted by atomic mass is 10.0. The molecule has 1 heterocycles. The first kappa shape index (κ1) is 11.9. The maximum Gasteiger partial charge on any atom is 0.0569 e. The van der Waals surface area contributed by atoms with E-state index in [4.69, 9.17) is 23.2 Å². The van der Waals surface area contributed by atoms with Crippen molar-refractivity contribution in [2.75, 3.05) is 5.32 Å². The van der Waals surface area contributed by atoms with Gasteiger partial charge in [0, 0.05) is 15.7 Å². The topological polar surface area (TPSA) is 12.0 Å². The third-order valence-corrected chi connectivity index (χ3v) is 4.26. The molecule has 0 spiro atoms. The quantitative estimate of drug-likeness (QED) is 0.773. The van der Waals surface area contributed by atoms with Gasteiger partial charge in [0.1, 0.15) is 0 Å². The summed E-state index contributed by atoms with van der Waals surface area (Å²) in [5, 5.41) is 5.15. The fraction of sp³-hybridized carbons (Fsp3) is 0.200. The van der Waals surface area contributed by atoms with Crippen molar-refractivity contribution < 1.29 is 0 Å². The molecule has 0 bridgehead atoms. The Hall–Kier alpha value is -1.18. The Labute approximate surface area is 117 Å². The van der Waals surface area contributed by atoms with Crippen molar-refractivity contribution in [1.82, 2.24) is 0 Å². The lowest BCUT2D eigenvalue weighted by molar-refractivity contribution is 0.824. The van der Waals surface area contributed by atoms with Crippen LogP contribution >= 0.6 is 23.2 Å². The average molecular weight is 278 g/mol. The second-order valence-corrected chi connectivity index (χ2v) is 5.44. The van der Waals surface area contributed by atoms with Crippen molar-refractivity contribution in [3.8, 4) is 0 Å². The van der Waals surface area contributed by atoms with Gasteiger partial charge in [-0.2, -0.15) is 0 Å². The zero-order valence-electron chi connectivity index (χ0n) is 10.0. The van der Waals surface area contributed by atoms with Gasteiger partial charge in [0.05, 0.1) is 6.04 Å². The van der Waals surface area contributed by atoms with Crippen LogP contribution in [0.4, 0.5) is 5.69 Å². The highest BCUT2D eigenvalue weighted by molar-refractivity contribution is 6.32. The number of fused-ring (bicyclic) bond motifs is 1. The minimum absolute atomic E-state index is 0.242. The van der Waals surface area contributed by atoms with Crippen LogP contribution in [-0.2, 0) is 6.42 Å². The van der Waals surface area contributed by atoms with E-state index in [1.54, 1.807) is 0 Å². The molecule has 18 heavy (non-hydrogen) atoms. The number of hydrogen-bond donors (Lipinski definition) is 1. The van der Waals surface area contributed by atoms with E-state index in [0.717, 1.165) is 33.3 Å². The Kier molecular flexibility index (Phi) is 2.96. The molecule has 0 aromatic heterocycles. The molecule has 1 atom stereocenters. The maximum atomic E-state index is 6.25. The van der Waals surface area contributed by atoms with Crippen LogP contribution in [-0.4, -0.2) is 0 Å². The summed E-state index contributed by atoms with van der Waals surface area (Å²) in [5.74, 6) is 0. The Balaban J connectivity index is 1.99. The Morgan fingerprint density at radius 3 is 2.61 bits per heavy atom. The molecular formula is C15H13Cl2N.